The fraction of sp³-hybridized carbons (Fsp3) is 0.125. The molecule has 0 heterocycles. The van der Waals surface area contributed by atoms with Crippen LogP contribution in [0, 0.1) is 24.1 Å². The maximum Gasteiger partial charge on any atom is 0.252 e. The molecule has 0 aromatic heterocycles. The molecule has 0 spiro atoms. The van der Waals surface area contributed by atoms with Crippen molar-refractivity contribution >= 4 is 5.91 Å². The van der Waals surface area contributed by atoms with Crippen molar-refractivity contribution in [3.8, 4) is 6.07 Å². The zero-order chi connectivity index (χ0) is 14.5. The van der Waals surface area contributed by atoms with Crippen molar-refractivity contribution in [2.75, 3.05) is 0 Å². The molecule has 0 bridgehead atoms. The summed E-state index contributed by atoms with van der Waals surface area (Å²) in [6, 6.07) is 14.3. The second kappa shape index (κ2) is 5.98. The summed E-state index contributed by atoms with van der Waals surface area (Å²) in [5.74, 6) is -0.939. The monoisotopic (exact) mass is 268 g/mol. The zero-order valence-corrected chi connectivity index (χ0v) is 10.9. The van der Waals surface area contributed by atoms with Crippen LogP contribution in [0.1, 0.15) is 27.5 Å². The molecule has 0 aliphatic carbocycles. The molecule has 1 atom stereocenters. The number of benzene rings is 2. The van der Waals surface area contributed by atoms with Gasteiger partial charge in [0.15, 0.2) is 0 Å². The number of halogens is 1. The molecular weight excluding hydrogens is 255 g/mol. The van der Waals surface area contributed by atoms with Crippen LogP contribution in [0.25, 0.3) is 0 Å². The lowest BCUT2D eigenvalue weighted by atomic mass is 10.1. The number of aryl methyl sites for hydroxylation is 1. The fourth-order valence-corrected chi connectivity index (χ4v) is 1.92. The van der Waals surface area contributed by atoms with Gasteiger partial charge in [0.1, 0.15) is 11.9 Å². The molecule has 0 fully saturated rings. The van der Waals surface area contributed by atoms with Crippen LogP contribution in [0.3, 0.4) is 0 Å². The van der Waals surface area contributed by atoms with Crippen LogP contribution in [0.4, 0.5) is 4.39 Å². The number of hydrogen-bond acceptors (Lipinski definition) is 2. The first kappa shape index (κ1) is 13.8. The molecule has 1 N–H and O–H groups in total. The van der Waals surface area contributed by atoms with E-state index in [1.165, 1.54) is 6.07 Å². The number of amides is 1. The zero-order valence-electron chi connectivity index (χ0n) is 10.9. The summed E-state index contributed by atoms with van der Waals surface area (Å²) in [6.07, 6.45) is 0. The van der Waals surface area contributed by atoms with Crippen molar-refractivity contribution < 1.29 is 9.18 Å². The third-order valence-electron chi connectivity index (χ3n) is 2.84. The predicted molar refractivity (Wildman–Crippen MR) is 73.4 cm³/mol. The highest BCUT2D eigenvalue weighted by Crippen LogP contribution is 2.14. The summed E-state index contributed by atoms with van der Waals surface area (Å²) in [5.41, 5.74) is 1.55. The van der Waals surface area contributed by atoms with Crippen molar-refractivity contribution in [1.82, 2.24) is 5.32 Å². The fourth-order valence-electron chi connectivity index (χ4n) is 1.92. The lowest BCUT2D eigenvalue weighted by Crippen LogP contribution is -2.27. The molecule has 2 rings (SSSR count). The maximum absolute atomic E-state index is 13.3. The van der Waals surface area contributed by atoms with Crippen LogP contribution in [0.5, 0.6) is 0 Å². The van der Waals surface area contributed by atoms with E-state index in [4.69, 9.17) is 5.26 Å². The SMILES string of the molecule is Cc1cc(F)cc(C(=O)NC(C#N)c2ccccc2)c1. The minimum Gasteiger partial charge on any atom is -0.332 e. The number of rotatable bonds is 3. The van der Waals surface area contributed by atoms with Gasteiger partial charge in [0.25, 0.3) is 5.91 Å². The number of carbonyl (C=O) groups is 1. The minimum atomic E-state index is -0.757. The number of hydrogen-bond donors (Lipinski definition) is 1. The Kier molecular flexibility index (Phi) is 4.11. The smallest absolute Gasteiger partial charge is 0.252 e. The van der Waals surface area contributed by atoms with E-state index in [1.807, 2.05) is 12.1 Å². The molecule has 20 heavy (non-hydrogen) atoms. The van der Waals surface area contributed by atoms with E-state index in [0.29, 0.717) is 11.1 Å². The Hall–Kier alpha value is -2.67. The Balaban J connectivity index is 2.20. The van der Waals surface area contributed by atoms with Crippen molar-refractivity contribution in [3.63, 3.8) is 0 Å². The number of carbonyl (C=O) groups excluding carboxylic acids is 1. The maximum atomic E-state index is 13.3. The lowest BCUT2D eigenvalue weighted by Gasteiger charge is -2.12. The van der Waals surface area contributed by atoms with Gasteiger partial charge in [0.2, 0.25) is 0 Å². The molecule has 0 aliphatic heterocycles. The summed E-state index contributed by atoms with van der Waals surface area (Å²) in [4.78, 5) is 12.1. The average Bonchev–Trinajstić information content (AvgIpc) is 2.44. The second-order valence-electron chi connectivity index (χ2n) is 4.46. The van der Waals surface area contributed by atoms with Crippen LogP contribution in [-0.2, 0) is 0 Å². The Morgan fingerprint density at radius 1 is 1.25 bits per heavy atom. The normalized spacial score (nSPS) is 11.4. The van der Waals surface area contributed by atoms with E-state index in [1.54, 1.807) is 37.3 Å². The Morgan fingerprint density at radius 3 is 2.55 bits per heavy atom. The van der Waals surface area contributed by atoms with Gasteiger partial charge >= 0.3 is 0 Å². The van der Waals surface area contributed by atoms with Gasteiger partial charge < -0.3 is 5.32 Å². The highest BCUT2D eigenvalue weighted by Gasteiger charge is 2.15. The summed E-state index contributed by atoms with van der Waals surface area (Å²) in [7, 11) is 0. The van der Waals surface area contributed by atoms with E-state index in [-0.39, 0.29) is 5.56 Å². The third kappa shape index (κ3) is 3.21. The molecule has 2 aromatic carbocycles. The van der Waals surface area contributed by atoms with E-state index >= 15 is 0 Å². The first-order chi connectivity index (χ1) is 9.60. The molecule has 0 radical (unpaired) electrons. The molecule has 0 saturated carbocycles. The largest absolute Gasteiger partial charge is 0.332 e. The summed E-state index contributed by atoms with van der Waals surface area (Å²) in [6.45, 7) is 1.71. The lowest BCUT2D eigenvalue weighted by molar-refractivity contribution is 0.0944. The van der Waals surface area contributed by atoms with Crippen molar-refractivity contribution in [2.24, 2.45) is 0 Å². The van der Waals surface area contributed by atoms with Crippen LogP contribution in [0.2, 0.25) is 0 Å². The predicted octanol–water partition coefficient (Wildman–Crippen LogP) is 3.13. The topological polar surface area (TPSA) is 52.9 Å². The molecule has 2 aromatic rings. The third-order valence-corrected chi connectivity index (χ3v) is 2.84. The molecule has 4 heteroatoms. The molecular formula is C16H13FN2O. The quantitative estimate of drug-likeness (QED) is 0.929. The van der Waals surface area contributed by atoms with Gasteiger partial charge in [0.05, 0.1) is 6.07 Å². The van der Waals surface area contributed by atoms with Gasteiger partial charge in [-0.1, -0.05) is 30.3 Å². The van der Waals surface area contributed by atoms with Crippen LogP contribution >= 0.6 is 0 Å². The van der Waals surface area contributed by atoms with Gasteiger partial charge in [0, 0.05) is 5.56 Å². The number of nitrogens with one attached hydrogen (secondary N) is 1. The Morgan fingerprint density at radius 2 is 1.95 bits per heavy atom. The van der Waals surface area contributed by atoms with E-state index in [0.717, 1.165) is 6.07 Å². The molecule has 0 saturated heterocycles. The highest BCUT2D eigenvalue weighted by atomic mass is 19.1. The Labute approximate surface area is 116 Å². The van der Waals surface area contributed by atoms with Crippen molar-refractivity contribution in [2.45, 2.75) is 13.0 Å². The minimum absolute atomic E-state index is 0.207. The standard InChI is InChI=1S/C16H13FN2O/c1-11-7-13(9-14(17)8-11)16(20)19-15(10-18)12-5-3-2-4-6-12/h2-9,15H,1H3,(H,19,20). The molecule has 0 aliphatic rings. The molecule has 1 amide bonds. The van der Waals surface area contributed by atoms with Crippen molar-refractivity contribution in [1.29, 1.82) is 5.26 Å². The van der Waals surface area contributed by atoms with Crippen molar-refractivity contribution in [3.05, 3.63) is 71.0 Å². The Bertz CT molecular complexity index is 642. The van der Waals surface area contributed by atoms with Gasteiger partial charge in [-0.3, -0.25) is 4.79 Å². The van der Waals surface area contributed by atoms with Crippen LogP contribution in [-0.4, -0.2) is 5.91 Å². The summed E-state index contributed by atoms with van der Waals surface area (Å²) in [5, 5.41) is 11.7. The summed E-state index contributed by atoms with van der Waals surface area (Å²) < 4.78 is 13.3. The summed E-state index contributed by atoms with van der Waals surface area (Å²) >= 11 is 0. The number of nitrogens with zero attached hydrogens (tertiary/aromatic N) is 1. The number of nitriles is 1. The average molecular weight is 268 g/mol. The highest BCUT2D eigenvalue weighted by molar-refractivity contribution is 5.94. The van der Waals surface area contributed by atoms with Crippen LogP contribution in [0.15, 0.2) is 48.5 Å². The van der Waals surface area contributed by atoms with Crippen LogP contribution < -0.4 is 5.32 Å². The van der Waals surface area contributed by atoms with Gasteiger partial charge in [-0.25, -0.2) is 4.39 Å². The first-order valence-corrected chi connectivity index (χ1v) is 6.13. The second-order valence-corrected chi connectivity index (χ2v) is 4.46. The molecule has 1 unspecified atom stereocenters. The first-order valence-electron chi connectivity index (χ1n) is 6.13. The van der Waals surface area contributed by atoms with Gasteiger partial charge in [-0.2, -0.15) is 5.26 Å². The van der Waals surface area contributed by atoms with E-state index < -0.39 is 17.8 Å². The van der Waals surface area contributed by atoms with Gasteiger partial charge in [-0.05, 0) is 36.2 Å². The molecule has 3 nitrogen and oxygen atoms in total. The van der Waals surface area contributed by atoms with Gasteiger partial charge in [-0.15, -0.1) is 0 Å². The molecule has 100 valence electrons. The van der Waals surface area contributed by atoms with E-state index in [9.17, 15) is 9.18 Å². The van der Waals surface area contributed by atoms with E-state index in [2.05, 4.69) is 5.32 Å².